The zero-order valence-corrected chi connectivity index (χ0v) is 10.6. The molecule has 1 aliphatic rings. The van der Waals surface area contributed by atoms with E-state index in [2.05, 4.69) is 5.32 Å². The van der Waals surface area contributed by atoms with E-state index in [1.807, 2.05) is 0 Å². The summed E-state index contributed by atoms with van der Waals surface area (Å²) < 4.78 is 5.14. The first-order valence-corrected chi connectivity index (χ1v) is 5.94. The molecule has 0 aromatic heterocycles. The number of carboxylic acid groups (broad SMARTS) is 1. The van der Waals surface area contributed by atoms with Gasteiger partial charge in [0.05, 0.1) is 18.1 Å². The minimum Gasteiger partial charge on any atom is -0.503 e. The Balaban J connectivity index is 2.30. The van der Waals surface area contributed by atoms with Crippen LogP contribution in [0.3, 0.4) is 0 Å². The van der Waals surface area contributed by atoms with E-state index in [0.717, 1.165) is 5.56 Å². The lowest BCUT2D eigenvalue weighted by Gasteiger charge is -2.16. The normalized spacial score (nSPS) is 23.0. The van der Waals surface area contributed by atoms with Crippen LogP contribution in [0.4, 0.5) is 0 Å². The van der Waals surface area contributed by atoms with Gasteiger partial charge in [-0.15, -0.1) is 0 Å². The van der Waals surface area contributed by atoms with E-state index in [9.17, 15) is 9.90 Å². The summed E-state index contributed by atoms with van der Waals surface area (Å²) in [4.78, 5) is 10.9. The fourth-order valence-electron chi connectivity index (χ4n) is 2.21. The van der Waals surface area contributed by atoms with Crippen molar-refractivity contribution in [1.82, 2.24) is 5.32 Å². The third kappa shape index (κ3) is 2.23. The number of phenolic OH excluding ortho intramolecular Hbond substituents is 1. The van der Waals surface area contributed by atoms with Crippen LogP contribution in [0.15, 0.2) is 12.1 Å². The Kier molecular flexibility index (Phi) is 3.63. The average molecular weight is 272 g/mol. The van der Waals surface area contributed by atoms with Crippen molar-refractivity contribution in [1.29, 1.82) is 0 Å². The number of halogens is 1. The van der Waals surface area contributed by atoms with E-state index in [0.29, 0.717) is 18.7 Å². The highest BCUT2D eigenvalue weighted by molar-refractivity contribution is 6.32. The second kappa shape index (κ2) is 5.04. The molecule has 3 N–H and O–H groups in total. The molecular weight excluding hydrogens is 258 g/mol. The SMILES string of the molecule is COc1c(C2CC(C(=O)O)CN2)ccc(Cl)c1O. The molecule has 2 atom stereocenters. The van der Waals surface area contributed by atoms with Crippen LogP contribution in [0.2, 0.25) is 5.02 Å². The summed E-state index contributed by atoms with van der Waals surface area (Å²) >= 11 is 5.81. The van der Waals surface area contributed by atoms with Gasteiger partial charge in [0, 0.05) is 18.2 Å². The van der Waals surface area contributed by atoms with Gasteiger partial charge in [-0.25, -0.2) is 0 Å². The van der Waals surface area contributed by atoms with Crippen molar-refractivity contribution < 1.29 is 19.7 Å². The summed E-state index contributed by atoms with van der Waals surface area (Å²) in [7, 11) is 1.44. The van der Waals surface area contributed by atoms with Gasteiger partial charge in [-0.3, -0.25) is 4.79 Å². The largest absolute Gasteiger partial charge is 0.503 e. The summed E-state index contributed by atoms with van der Waals surface area (Å²) in [5, 5.41) is 22.1. The Morgan fingerprint density at radius 2 is 2.28 bits per heavy atom. The quantitative estimate of drug-likeness (QED) is 0.781. The lowest BCUT2D eigenvalue weighted by molar-refractivity contribution is -0.141. The third-order valence-corrected chi connectivity index (χ3v) is 3.48. The number of hydrogen-bond acceptors (Lipinski definition) is 4. The maximum atomic E-state index is 10.9. The molecule has 98 valence electrons. The Bertz CT molecular complexity index is 477. The van der Waals surface area contributed by atoms with Crippen LogP contribution in [-0.4, -0.2) is 29.8 Å². The first kappa shape index (κ1) is 13.0. The van der Waals surface area contributed by atoms with Crippen molar-refractivity contribution in [2.24, 2.45) is 5.92 Å². The number of nitrogens with one attached hydrogen (secondary N) is 1. The van der Waals surface area contributed by atoms with Crippen LogP contribution >= 0.6 is 11.6 Å². The molecule has 1 saturated heterocycles. The second-order valence-corrected chi connectivity index (χ2v) is 4.66. The molecule has 0 amide bonds. The molecule has 1 fully saturated rings. The van der Waals surface area contributed by atoms with Crippen LogP contribution in [0, 0.1) is 5.92 Å². The molecule has 2 rings (SSSR count). The first-order valence-electron chi connectivity index (χ1n) is 5.56. The van der Waals surface area contributed by atoms with E-state index in [1.165, 1.54) is 7.11 Å². The van der Waals surface area contributed by atoms with Gasteiger partial charge in [0.25, 0.3) is 0 Å². The smallest absolute Gasteiger partial charge is 0.307 e. The van der Waals surface area contributed by atoms with Gasteiger partial charge >= 0.3 is 5.97 Å². The number of methoxy groups -OCH3 is 1. The fraction of sp³-hybridized carbons (Fsp3) is 0.417. The maximum absolute atomic E-state index is 10.9. The molecule has 1 aliphatic heterocycles. The van der Waals surface area contributed by atoms with Gasteiger partial charge in [-0.2, -0.15) is 0 Å². The van der Waals surface area contributed by atoms with Crippen LogP contribution in [-0.2, 0) is 4.79 Å². The molecule has 0 saturated carbocycles. The zero-order valence-electron chi connectivity index (χ0n) is 9.81. The topological polar surface area (TPSA) is 78.8 Å². The van der Waals surface area contributed by atoms with E-state index < -0.39 is 11.9 Å². The molecule has 0 bridgehead atoms. The molecule has 18 heavy (non-hydrogen) atoms. The van der Waals surface area contributed by atoms with Gasteiger partial charge in [0.2, 0.25) is 0 Å². The van der Waals surface area contributed by atoms with Gasteiger partial charge in [-0.05, 0) is 12.5 Å². The van der Waals surface area contributed by atoms with Crippen LogP contribution < -0.4 is 10.1 Å². The minimum absolute atomic E-state index is 0.114. The highest BCUT2D eigenvalue weighted by Crippen LogP contribution is 2.42. The van der Waals surface area contributed by atoms with Gasteiger partial charge < -0.3 is 20.3 Å². The van der Waals surface area contributed by atoms with Gasteiger partial charge in [-0.1, -0.05) is 17.7 Å². The lowest BCUT2D eigenvalue weighted by atomic mass is 9.99. The lowest BCUT2D eigenvalue weighted by Crippen LogP contribution is -2.17. The number of hydrogen-bond donors (Lipinski definition) is 3. The first-order chi connectivity index (χ1) is 8.54. The van der Waals surface area contributed by atoms with E-state index in [1.54, 1.807) is 12.1 Å². The van der Waals surface area contributed by atoms with E-state index in [4.69, 9.17) is 21.4 Å². The molecular formula is C12H14ClNO4. The molecule has 0 spiro atoms. The monoisotopic (exact) mass is 271 g/mol. The molecule has 5 nitrogen and oxygen atoms in total. The average Bonchev–Trinajstić information content (AvgIpc) is 2.82. The minimum atomic E-state index is -0.817. The predicted molar refractivity (Wildman–Crippen MR) is 66.2 cm³/mol. The van der Waals surface area contributed by atoms with Crippen molar-refractivity contribution >= 4 is 17.6 Å². The molecule has 1 heterocycles. The third-order valence-electron chi connectivity index (χ3n) is 3.17. The fourth-order valence-corrected chi connectivity index (χ4v) is 2.36. The predicted octanol–water partition coefficient (Wildman–Crippen LogP) is 1.79. The van der Waals surface area contributed by atoms with E-state index >= 15 is 0 Å². The summed E-state index contributed by atoms with van der Waals surface area (Å²) in [6.07, 6.45) is 0.465. The standard InChI is InChI=1S/C12H14ClNO4/c1-18-11-7(2-3-8(13)10(11)15)9-4-6(5-14-9)12(16)17/h2-3,6,9,14-15H,4-5H2,1H3,(H,16,17). The number of phenols is 1. The summed E-state index contributed by atoms with van der Waals surface area (Å²) in [5.41, 5.74) is 0.725. The van der Waals surface area contributed by atoms with Crippen LogP contribution in [0.25, 0.3) is 0 Å². The number of rotatable bonds is 3. The summed E-state index contributed by atoms with van der Waals surface area (Å²) in [6, 6.07) is 3.16. The Hall–Kier alpha value is -1.46. The number of carbonyl (C=O) groups is 1. The summed E-state index contributed by atoms with van der Waals surface area (Å²) in [6.45, 7) is 0.409. The van der Waals surface area contributed by atoms with Crippen molar-refractivity contribution in [3.8, 4) is 11.5 Å². The van der Waals surface area contributed by atoms with Crippen molar-refractivity contribution in [3.05, 3.63) is 22.7 Å². The highest BCUT2D eigenvalue weighted by Gasteiger charge is 2.32. The number of aromatic hydroxyl groups is 1. The van der Waals surface area contributed by atoms with Crippen LogP contribution in [0.5, 0.6) is 11.5 Å². The van der Waals surface area contributed by atoms with Crippen molar-refractivity contribution in [2.45, 2.75) is 12.5 Å². The van der Waals surface area contributed by atoms with E-state index in [-0.39, 0.29) is 16.8 Å². The Morgan fingerprint density at radius 1 is 1.56 bits per heavy atom. The van der Waals surface area contributed by atoms with Crippen molar-refractivity contribution in [2.75, 3.05) is 13.7 Å². The van der Waals surface area contributed by atoms with Crippen molar-refractivity contribution in [3.63, 3.8) is 0 Å². The van der Waals surface area contributed by atoms with Gasteiger partial charge in [0.15, 0.2) is 11.5 Å². The molecule has 6 heteroatoms. The molecule has 1 aromatic carbocycles. The zero-order chi connectivity index (χ0) is 13.3. The summed E-state index contributed by atoms with van der Waals surface area (Å²) in [5.74, 6) is -1.05. The maximum Gasteiger partial charge on any atom is 0.307 e. The number of carboxylic acids is 1. The van der Waals surface area contributed by atoms with Crippen LogP contribution in [0.1, 0.15) is 18.0 Å². The van der Waals surface area contributed by atoms with Gasteiger partial charge in [0.1, 0.15) is 0 Å². The molecule has 0 radical (unpaired) electrons. The number of aliphatic carboxylic acids is 1. The highest BCUT2D eigenvalue weighted by atomic mass is 35.5. The molecule has 2 unspecified atom stereocenters. The number of benzene rings is 1. The Labute approximate surface area is 109 Å². The number of ether oxygens (including phenoxy) is 1. The molecule has 0 aliphatic carbocycles. The second-order valence-electron chi connectivity index (χ2n) is 4.25. The molecule has 1 aromatic rings. The Morgan fingerprint density at radius 3 is 2.83 bits per heavy atom.